The van der Waals surface area contributed by atoms with Crippen LogP contribution in [0.4, 0.5) is 11.9 Å². The van der Waals surface area contributed by atoms with E-state index in [4.69, 9.17) is 5.84 Å². The number of hydrogen-bond donors (Lipinski definition) is 3. The van der Waals surface area contributed by atoms with Crippen LogP contribution in [0.3, 0.4) is 0 Å². The number of hydrazine groups is 1. The standard InChI is InChI=1S/C7H10N8O2S/c1-15-7(11-4-12-15)14-18(16,17)5-2-9-6(13-8)10-3-5/h2-4H,8H2,1H3,(H,9,10,13)(H,11,12,14). The molecular weight excluding hydrogens is 260 g/mol. The Morgan fingerprint density at radius 3 is 2.44 bits per heavy atom. The monoisotopic (exact) mass is 270 g/mol. The number of sulfonamides is 1. The van der Waals surface area contributed by atoms with E-state index in [1.165, 1.54) is 11.0 Å². The summed E-state index contributed by atoms with van der Waals surface area (Å²) in [7, 11) is -2.24. The minimum absolute atomic E-state index is 0.0935. The lowest BCUT2D eigenvalue weighted by molar-refractivity contribution is 0.599. The third-order valence-corrected chi connectivity index (χ3v) is 3.29. The molecule has 10 nitrogen and oxygen atoms in total. The van der Waals surface area contributed by atoms with Gasteiger partial charge in [0.15, 0.2) is 0 Å². The number of nitrogens with zero attached hydrogens (tertiary/aromatic N) is 5. The molecule has 0 aliphatic rings. The van der Waals surface area contributed by atoms with Crippen LogP contribution in [0.25, 0.3) is 0 Å². The summed E-state index contributed by atoms with van der Waals surface area (Å²) in [5.74, 6) is 5.29. The van der Waals surface area contributed by atoms with Crippen LogP contribution >= 0.6 is 0 Å². The molecule has 0 saturated heterocycles. The second-order valence-corrected chi connectivity index (χ2v) is 4.88. The van der Waals surface area contributed by atoms with Crippen molar-refractivity contribution < 1.29 is 8.42 Å². The van der Waals surface area contributed by atoms with Crippen LogP contribution in [0.1, 0.15) is 0 Å². The highest BCUT2D eigenvalue weighted by Gasteiger charge is 2.17. The highest BCUT2D eigenvalue weighted by molar-refractivity contribution is 7.92. The van der Waals surface area contributed by atoms with E-state index in [1.54, 1.807) is 7.05 Å². The molecule has 18 heavy (non-hydrogen) atoms. The molecule has 2 heterocycles. The summed E-state index contributed by atoms with van der Waals surface area (Å²) in [6.07, 6.45) is 3.48. The molecule has 0 radical (unpaired) electrons. The van der Waals surface area contributed by atoms with Crippen LogP contribution in [0.2, 0.25) is 0 Å². The van der Waals surface area contributed by atoms with Crippen molar-refractivity contribution in [3.63, 3.8) is 0 Å². The molecule has 11 heteroatoms. The maximum absolute atomic E-state index is 11.9. The molecule has 0 aliphatic heterocycles. The molecule has 0 fully saturated rings. The number of aryl methyl sites for hydroxylation is 1. The van der Waals surface area contributed by atoms with E-state index in [0.717, 1.165) is 12.4 Å². The summed E-state index contributed by atoms with van der Waals surface area (Å²) in [5.41, 5.74) is 2.20. The van der Waals surface area contributed by atoms with E-state index in [-0.39, 0.29) is 16.8 Å². The number of aromatic nitrogens is 5. The van der Waals surface area contributed by atoms with Crippen LogP contribution in [0, 0.1) is 0 Å². The van der Waals surface area contributed by atoms with Crippen molar-refractivity contribution in [2.24, 2.45) is 12.9 Å². The molecule has 0 aliphatic carbocycles. The molecule has 2 aromatic rings. The predicted molar refractivity (Wildman–Crippen MR) is 61.7 cm³/mol. The molecule has 0 unspecified atom stereocenters. The third-order valence-electron chi connectivity index (χ3n) is 2.00. The largest absolute Gasteiger partial charge is 0.292 e. The first kappa shape index (κ1) is 12.2. The average molecular weight is 270 g/mol. The fourth-order valence-electron chi connectivity index (χ4n) is 1.10. The van der Waals surface area contributed by atoms with Crippen molar-refractivity contribution in [3.05, 3.63) is 18.7 Å². The topological polar surface area (TPSA) is 141 Å². The van der Waals surface area contributed by atoms with Gasteiger partial charge < -0.3 is 0 Å². The van der Waals surface area contributed by atoms with E-state index >= 15 is 0 Å². The first-order valence-corrected chi connectivity index (χ1v) is 6.17. The van der Waals surface area contributed by atoms with Gasteiger partial charge in [0.2, 0.25) is 11.9 Å². The van der Waals surface area contributed by atoms with Crippen LogP contribution < -0.4 is 16.0 Å². The van der Waals surface area contributed by atoms with Crippen molar-refractivity contribution >= 4 is 21.9 Å². The number of rotatable bonds is 4. The molecule has 0 spiro atoms. The van der Waals surface area contributed by atoms with Crippen molar-refractivity contribution in [2.45, 2.75) is 4.90 Å². The summed E-state index contributed by atoms with van der Waals surface area (Å²) in [5, 5.41) is 3.74. The Hall–Kier alpha value is -2.27. The van der Waals surface area contributed by atoms with E-state index in [1.807, 2.05) is 0 Å². The zero-order valence-corrected chi connectivity index (χ0v) is 10.1. The third kappa shape index (κ3) is 2.36. The smallest absolute Gasteiger partial charge is 0.267 e. The highest BCUT2D eigenvalue weighted by atomic mass is 32.2. The Morgan fingerprint density at radius 1 is 1.28 bits per heavy atom. The van der Waals surface area contributed by atoms with E-state index in [2.05, 4.69) is 30.2 Å². The molecule has 0 bridgehead atoms. The normalized spacial score (nSPS) is 11.2. The van der Waals surface area contributed by atoms with Gasteiger partial charge in [-0.1, -0.05) is 0 Å². The maximum Gasteiger partial charge on any atom is 0.267 e. The van der Waals surface area contributed by atoms with Crippen molar-refractivity contribution in [1.29, 1.82) is 0 Å². The van der Waals surface area contributed by atoms with E-state index in [0.29, 0.717) is 0 Å². The molecule has 2 rings (SSSR count). The number of nitrogen functional groups attached to an aromatic ring is 1. The van der Waals surface area contributed by atoms with Crippen LogP contribution in [-0.2, 0) is 17.1 Å². The highest BCUT2D eigenvalue weighted by Crippen LogP contribution is 2.11. The molecule has 0 amide bonds. The second-order valence-electron chi connectivity index (χ2n) is 3.20. The zero-order chi connectivity index (χ0) is 13.2. The summed E-state index contributed by atoms with van der Waals surface area (Å²) >= 11 is 0. The Kier molecular flexibility index (Phi) is 3.08. The number of hydrogen-bond acceptors (Lipinski definition) is 8. The Labute approximate surface area is 102 Å². The number of nitrogens with one attached hydrogen (secondary N) is 2. The minimum Gasteiger partial charge on any atom is -0.292 e. The van der Waals surface area contributed by atoms with Gasteiger partial charge in [0.05, 0.1) is 12.4 Å². The maximum atomic E-state index is 11.9. The lowest BCUT2D eigenvalue weighted by Crippen LogP contribution is -2.17. The van der Waals surface area contributed by atoms with Gasteiger partial charge in [0.25, 0.3) is 10.0 Å². The zero-order valence-electron chi connectivity index (χ0n) is 9.27. The summed E-state index contributed by atoms with van der Waals surface area (Å²) in [4.78, 5) is 11.1. The Balaban J connectivity index is 2.28. The molecular formula is C7H10N8O2S. The fraction of sp³-hybridized carbons (Fsp3) is 0.143. The lowest BCUT2D eigenvalue weighted by Gasteiger charge is -2.06. The SMILES string of the molecule is Cn1ncnc1NS(=O)(=O)c1cnc(NN)nc1. The number of anilines is 2. The Bertz CT molecular complexity index is 634. The van der Waals surface area contributed by atoms with E-state index in [9.17, 15) is 8.42 Å². The quantitative estimate of drug-likeness (QED) is 0.459. The van der Waals surface area contributed by atoms with Gasteiger partial charge in [-0.3, -0.25) is 5.43 Å². The average Bonchev–Trinajstić information content (AvgIpc) is 2.74. The molecule has 0 aromatic carbocycles. The number of nitrogens with two attached hydrogens (primary N) is 1. The summed E-state index contributed by atoms with van der Waals surface area (Å²) in [6, 6.07) is 0. The van der Waals surface area contributed by atoms with Gasteiger partial charge >= 0.3 is 0 Å². The van der Waals surface area contributed by atoms with Gasteiger partial charge in [-0.15, -0.1) is 0 Å². The molecule has 4 N–H and O–H groups in total. The van der Waals surface area contributed by atoms with Crippen LogP contribution in [-0.4, -0.2) is 33.2 Å². The lowest BCUT2D eigenvalue weighted by atomic mass is 10.7. The fourth-order valence-corrected chi connectivity index (χ4v) is 2.02. The minimum atomic E-state index is -3.80. The molecule has 2 aromatic heterocycles. The van der Waals surface area contributed by atoms with Crippen molar-refractivity contribution in [1.82, 2.24) is 24.7 Å². The van der Waals surface area contributed by atoms with Crippen molar-refractivity contribution in [3.8, 4) is 0 Å². The van der Waals surface area contributed by atoms with Gasteiger partial charge in [0, 0.05) is 7.05 Å². The second kappa shape index (κ2) is 4.54. The van der Waals surface area contributed by atoms with Gasteiger partial charge in [0.1, 0.15) is 11.2 Å². The first-order valence-electron chi connectivity index (χ1n) is 4.68. The van der Waals surface area contributed by atoms with E-state index < -0.39 is 10.0 Å². The first-order chi connectivity index (χ1) is 8.53. The summed E-state index contributed by atoms with van der Waals surface area (Å²) in [6.45, 7) is 0. The van der Waals surface area contributed by atoms with Gasteiger partial charge in [-0.2, -0.15) is 10.1 Å². The predicted octanol–water partition coefficient (Wildman–Crippen LogP) is -1.31. The molecule has 0 saturated carbocycles. The Morgan fingerprint density at radius 2 is 1.94 bits per heavy atom. The molecule has 96 valence electrons. The summed E-state index contributed by atoms with van der Waals surface area (Å²) < 4.78 is 27.4. The van der Waals surface area contributed by atoms with Gasteiger partial charge in [-0.05, 0) is 0 Å². The molecule has 0 atom stereocenters. The van der Waals surface area contributed by atoms with Crippen molar-refractivity contribution in [2.75, 3.05) is 10.1 Å². The van der Waals surface area contributed by atoms with Crippen LogP contribution in [0.15, 0.2) is 23.6 Å². The van der Waals surface area contributed by atoms with Crippen LogP contribution in [0.5, 0.6) is 0 Å². The van der Waals surface area contributed by atoms with Gasteiger partial charge in [-0.25, -0.2) is 33.6 Å².